The molecule has 0 saturated carbocycles. The number of hydrogen-bond acceptors (Lipinski definition) is 3. The Balaban J connectivity index is 1.60. The Morgan fingerprint density at radius 1 is 1.04 bits per heavy atom. The standard InChI is InChI=1S/C24H32N2O2/c1-18-10-12-21(13-11-18)22(26-14-5-4-6-15-26)16-25-24(27)17-28-23-9-7-8-19(2)20(23)3/h7-13,22H,4-6,14-17H2,1-3H3,(H,25,27)/t22-/m0/s1. The third-order valence-corrected chi connectivity index (χ3v) is 5.70. The summed E-state index contributed by atoms with van der Waals surface area (Å²) < 4.78 is 5.75. The van der Waals surface area contributed by atoms with Crippen LogP contribution in [-0.4, -0.2) is 37.0 Å². The van der Waals surface area contributed by atoms with E-state index in [0.717, 1.165) is 24.4 Å². The van der Waals surface area contributed by atoms with E-state index in [0.29, 0.717) is 6.54 Å². The van der Waals surface area contributed by atoms with Crippen molar-refractivity contribution in [1.82, 2.24) is 10.2 Å². The summed E-state index contributed by atoms with van der Waals surface area (Å²) in [5.74, 6) is 0.705. The van der Waals surface area contributed by atoms with E-state index in [2.05, 4.69) is 41.4 Å². The molecule has 0 spiro atoms. The number of carbonyl (C=O) groups excluding carboxylic acids is 1. The molecule has 28 heavy (non-hydrogen) atoms. The van der Waals surface area contributed by atoms with Crippen LogP contribution in [0.5, 0.6) is 5.75 Å². The van der Waals surface area contributed by atoms with Crippen molar-refractivity contribution in [2.24, 2.45) is 0 Å². The van der Waals surface area contributed by atoms with Gasteiger partial charge in [0.05, 0.1) is 6.04 Å². The monoisotopic (exact) mass is 380 g/mol. The van der Waals surface area contributed by atoms with E-state index in [9.17, 15) is 4.79 Å². The van der Waals surface area contributed by atoms with Crippen molar-refractivity contribution in [3.63, 3.8) is 0 Å². The summed E-state index contributed by atoms with van der Waals surface area (Å²) in [5, 5.41) is 3.09. The molecule has 150 valence electrons. The fraction of sp³-hybridized carbons (Fsp3) is 0.458. The quantitative estimate of drug-likeness (QED) is 0.777. The molecule has 0 bridgehead atoms. The molecule has 0 aromatic heterocycles. The number of carbonyl (C=O) groups is 1. The largest absolute Gasteiger partial charge is 0.483 e. The summed E-state index contributed by atoms with van der Waals surface area (Å²) >= 11 is 0. The summed E-state index contributed by atoms with van der Waals surface area (Å²) in [5.41, 5.74) is 4.78. The SMILES string of the molecule is Cc1ccc([C@H](CNC(=O)COc2cccc(C)c2C)N2CCCCC2)cc1. The van der Waals surface area contributed by atoms with Crippen molar-refractivity contribution >= 4 is 5.91 Å². The second kappa shape index (κ2) is 9.74. The molecule has 1 saturated heterocycles. The molecule has 1 atom stereocenters. The van der Waals surface area contributed by atoms with Crippen LogP contribution < -0.4 is 10.1 Å². The summed E-state index contributed by atoms with van der Waals surface area (Å²) in [4.78, 5) is 14.9. The average Bonchev–Trinajstić information content (AvgIpc) is 2.71. The summed E-state index contributed by atoms with van der Waals surface area (Å²) in [6.45, 7) is 9.01. The van der Waals surface area contributed by atoms with Gasteiger partial charge in [0.25, 0.3) is 5.91 Å². The van der Waals surface area contributed by atoms with Crippen LogP contribution in [0.15, 0.2) is 42.5 Å². The fourth-order valence-electron chi connectivity index (χ4n) is 3.76. The smallest absolute Gasteiger partial charge is 0.258 e. The zero-order valence-corrected chi connectivity index (χ0v) is 17.3. The van der Waals surface area contributed by atoms with Crippen molar-refractivity contribution in [3.8, 4) is 5.75 Å². The van der Waals surface area contributed by atoms with Gasteiger partial charge in [-0.05, 0) is 69.5 Å². The molecule has 1 amide bonds. The van der Waals surface area contributed by atoms with Crippen LogP contribution in [0.4, 0.5) is 0 Å². The summed E-state index contributed by atoms with van der Waals surface area (Å²) in [6.07, 6.45) is 3.76. The van der Waals surface area contributed by atoms with Crippen molar-refractivity contribution in [3.05, 3.63) is 64.7 Å². The van der Waals surface area contributed by atoms with Crippen molar-refractivity contribution in [2.75, 3.05) is 26.2 Å². The minimum Gasteiger partial charge on any atom is -0.483 e. The number of hydrogen-bond donors (Lipinski definition) is 1. The second-order valence-electron chi connectivity index (χ2n) is 7.81. The average molecular weight is 381 g/mol. The van der Waals surface area contributed by atoms with E-state index in [1.807, 2.05) is 32.0 Å². The van der Waals surface area contributed by atoms with Gasteiger partial charge in [0.2, 0.25) is 0 Å². The maximum absolute atomic E-state index is 12.4. The first-order valence-corrected chi connectivity index (χ1v) is 10.3. The van der Waals surface area contributed by atoms with E-state index in [4.69, 9.17) is 4.74 Å². The molecule has 2 aromatic rings. The van der Waals surface area contributed by atoms with Crippen LogP contribution in [-0.2, 0) is 4.79 Å². The van der Waals surface area contributed by atoms with Crippen LogP contribution in [0.25, 0.3) is 0 Å². The Labute approximate surface area is 168 Å². The number of amides is 1. The number of nitrogens with zero attached hydrogens (tertiary/aromatic N) is 1. The molecule has 0 radical (unpaired) electrons. The first-order chi connectivity index (χ1) is 13.5. The normalized spacial score (nSPS) is 15.8. The third kappa shape index (κ3) is 5.35. The maximum atomic E-state index is 12.4. The lowest BCUT2D eigenvalue weighted by Gasteiger charge is -2.35. The highest BCUT2D eigenvalue weighted by Gasteiger charge is 2.23. The Bertz CT molecular complexity index is 780. The predicted molar refractivity (Wildman–Crippen MR) is 114 cm³/mol. The fourth-order valence-corrected chi connectivity index (χ4v) is 3.76. The Kier molecular flexibility index (Phi) is 7.10. The molecule has 1 N–H and O–H groups in total. The van der Waals surface area contributed by atoms with Crippen LogP contribution in [0, 0.1) is 20.8 Å². The number of aryl methyl sites for hydroxylation is 2. The van der Waals surface area contributed by atoms with Gasteiger partial charge in [-0.15, -0.1) is 0 Å². The van der Waals surface area contributed by atoms with E-state index < -0.39 is 0 Å². The van der Waals surface area contributed by atoms with Crippen LogP contribution in [0.2, 0.25) is 0 Å². The molecule has 0 unspecified atom stereocenters. The highest BCUT2D eigenvalue weighted by atomic mass is 16.5. The van der Waals surface area contributed by atoms with Crippen molar-refractivity contribution in [2.45, 2.75) is 46.1 Å². The number of rotatable bonds is 7. The highest BCUT2D eigenvalue weighted by Crippen LogP contribution is 2.25. The molecular formula is C24H32N2O2. The van der Waals surface area contributed by atoms with E-state index in [1.165, 1.54) is 36.0 Å². The number of piperidine rings is 1. The number of likely N-dealkylation sites (tertiary alicyclic amines) is 1. The molecule has 1 fully saturated rings. The van der Waals surface area contributed by atoms with Gasteiger partial charge in [-0.1, -0.05) is 48.4 Å². The van der Waals surface area contributed by atoms with E-state index in [1.54, 1.807) is 0 Å². The number of ether oxygens (including phenoxy) is 1. The van der Waals surface area contributed by atoms with Gasteiger partial charge >= 0.3 is 0 Å². The molecular weight excluding hydrogens is 348 g/mol. The lowest BCUT2D eigenvalue weighted by atomic mass is 10.0. The molecule has 4 heteroatoms. The Morgan fingerprint density at radius 2 is 1.75 bits per heavy atom. The molecule has 1 aliphatic rings. The van der Waals surface area contributed by atoms with Gasteiger partial charge in [-0.3, -0.25) is 9.69 Å². The zero-order chi connectivity index (χ0) is 19.9. The first kappa shape index (κ1) is 20.4. The molecule has 3 rings (SSSR count). The molecule has 2 aromatic carbocycles. The van der Waals surface area contributed by atoms with Crippen LogP contribution in [0.3, 0.4) is 0 Å². The summed E-state index contributed by atoms with van der Waals surface area (Å²) in [7, 11) is 0. The topological polar surface area (TPSA) is 41.6 Å². The van der Waals surface area contributed by atoms with Crippen molar-refractivity contribution < 1.29 is 9.53 Å². The molecule has 1 aliphatic heterocycles. The number of nitrogens with one attached hydrogen (secondary N) is 1. The molecule has 1 heterocycles. The maximum Gasteiger partial charge on any atom is 0.258 e. The predicted octanol–water partition coefficient (Wildman–Crippen LogP) is 4.33. The van der Waals surface area contributed by atoms with Gasteiger partial charge in [0, 0.05) is 6.54 Å². The Morgan fingerprint density at radius 3 is 2.46 bits per heavy atom. The van der Waals surface area contributed by atoms with E-state index >= 15 is 0 Å². The van der Waals surface area contributed by atoms with Gasteiger partial charge < -0.3 is 10.1 Å². The van der Waals surface area contributed by atoms with Gasteiger partial charge in [-0.25, -0.2) is 0 Å². The summed E-state index contributed by atoms with van der Waals surface area (Å²) in [6, 6.07) is 14.8. The molecule has 0 aliphatic carbocycles. The number of benzene rings is 2. The first-order valence-electron chi connectivity index (χ1n) is 10.3. The lowest BCUT2D eigenvalue weighted by Crippen LogP contribution is -2.41. The van der Waals surface area contributed by atoms with Gasteiger partial charge in [0.1, 0.15) is 5.75 Å². The van der Waals surface area contributed by atoms with Crippen LogP contribution in [0.1, 0.15) is 47.6 Å². The second-order valence-corrected chi connectivity index (χ2v) is 7.81. The third-order valence-electron chi connectivity index (χ3n) is 5.70. The van der Waals surface area contributed by atoms with Gasteiger partial charge in [0.15, 0.2) is 6.61 Å². The van der Waals surface area contributed by atoms with Crippen molar-refractivity contribution in [1.29, 1.82) is 0 Å². The minimum atomic E-state index is -0.0740. The molecule has 4 nitrogen and oxygen atoms in total. The van der Waals surface area contributed by atoms with E-state index in [-0.39, 0.29) is 18.6 Å². The van der Waals surface area contributed by atoms with Gasteiger partial charge in [-0.2, -0.15) is 0 Å². The zero-order valence-electron chi connectivity index (χ0n) is 17.3. The van der Waals surface area contributed by atoms with Crippen LogP contribution >= 0.6 is 0 Å². The Hall–Kier alpha value is -2.33. The minimum absolute atomic E-state index is 0.0465. The highest BCUT2D eigenvalue weighted by molar-refractivity contribution is 5.77. The lowest BCUT2D eigenvalue weighted by molar-refractivity contribution is -0.123.